The van der Waals surface area contributed by atoms with E-state index in [-0.39, 0.29) is 25.0 Å². The predicted molar refractivity (Wildman–Crippen MR) is 94.2 cm³/mol. The first-order valence-corrected chi connectivity index (χ1v) is 9.72. The van der Waals surface area contributed by atoms with Crippen LogP contribution in [0.15, 0.2) is 40.1 Å². The fourth-order valence-electron chi connectivity index (χ4n) is 2.42. The lowest BCUT2D eigenvalue weighted by molar-refractivity contribution is 0.122. The number of nitrogens with zero attached hydrogens (tertiary/aromatic N) is 2. The first-order valence-electron chi connectivity index (χ1n) is 7.10. The summed E-state index contributed by atoms with van der Waals surface area (Å²) >= 11 is 18.6. The van der Waals surface area contributed by atoms with E-state index in [1.807, 2.05) is 4.90 Å². The molecule has 0 saturated carbocycles. The third kappa shape index (κ3) is 3.21. The SMILES string of the molecule is O=S(=O)(c1ccccc1)c1c(Cl)c(Cl)nc(N2CCOCC2)c1Cl. The molecule has 0 aliphatic carbocycles. The van der Waals surface area contributed by atoms with Gasteiger partial charge in [0.15, 0.2) is 11.0 Å². The standard InChI is InChI=1S/C15H13Cl3N2O3S/c16-11-13(24(21,22)10-4-2-1-3-5-10)12(17)15(19-14(11)18)20-6-8-23-9-7-20/h1-5H,6-9H2. The van der Waals surface area contributed by atoms with Gasteiger partial charge in [-0.15, -0.1) is 0 Å². The Kier molecular flexibility index (Phi) is 5.22. The van der Waals surface area contributed by atoms with Crippen LogP contribution in [0.3, 0.4) is 0 Å². The van der Waals surface area contributed by atoms with Crippen molar-refractivity contribution in [3.8, 4) is 0 Å². The number of ether oxygens (including phenoxy) is 1. The molecule has 24 heavy (non-hydrogen) atoms. The van der Waals surface area contributed by atoms with Crippen LogP contribution in [0.25, 0.3) is 0 Å². The summed E-state index contributed by atoms with van der Waals surface area (Å²) in [7, 11) is -3.93. The normalized spacial score (nSPS) is 15.5. The van der Waals surface area contributed by atoms with Gasteiger partial charge in [0.05, 0.1) is 23.1 Å². The molecule has 1 fully saturated rings. The molecule has 2 aromatic rings. The number of halogens is 3. The average Bonchev–Trinajstić information content (AvgIpc) is 2.59. The molecular formula is C15H13Cl3N2O3S. The molecule has 128 valence electrons. The van der Waals surface area contributed by atoms with Crippen molar-refractivity contribution in [1.29, 1.82) is 0 Å². The molecule has 1 saturated heterocycles. The number of anilines is 1. The van der Waals surface area contributed by atoms with Crippen molar-refractivity contribution in [2.24, 2.45) is 0 Å². The zero-order valence-corrected chi connectivity index (χ0v) is 15.5. The Hall–Kier alpha value is -1.05. The largest absolute Gasteiger partial charge is 0.378 e. The number of sulfone groups is 1. The van der Waals surface area contributed by atoms with Crippen molar-refractivity contribution in [2.75, 3.05) is 31.2 Å². The molecule has 0 amide bonds. The fourth-order valence-corrected chi connectivity index (χ4v) is 5.11. The maximum Gasteiger partial charge on any atom is 0.209 e. The highest BCUT2D eigenvalue weighted by Gasteiger charge is 2.30. The van der Waals surface area contributed by atoms with Crippen molar-refractivity contribution in [3.63, 3.8) is 0 Å². The molecule has 0 unspecified atom stereocenters. The molecule has 1 aliphatic heterocycles. The number of morpholine rings is 1. The second kappa shape index (κ2) is 7.06. The van der Waals surface area contributed by atoms with E-state index < -0.39 is 9.84 Å². The number of benzene rings is 1. The van der Waals surface area contributed by atoms with Gasteiger partial charge < -0.3 is 9.64 Å². The maximum absolute atomic E-state index is 13.0. The zero-order valence-electron chi connectivity index (χ0n) is 12.4. The Morgan fingerprint density at radius 2 is 1.62 bits per heavy atom. The van der Waals surface area contributed by atoms with Gasteiger partial charge in [0.25, 0.3) is 0 Å². The van der Waals surface area contributed by atoms with Crippen LogP contribution in [0.1, 0.15) is 0 Å². The minimum absolute atomic E-state index is 0.0323. The number of hydrogen-bond donors (Lipinski definition) is 0. The lowest BCUT2D eigenvalue weighted by Crippen LogP contribution is -2.37. The molecule has 0 N–H and O–H groups in total. The zero-order chi connectivity index (χ0) is 17.3. The number of rotatable bonds is 3. The van der Waals surface area contributed by atoms with Gasteiger partial charge in [-0.05, 0) is 12.1 Å². The van der Waals surface area contributed by atoms with Crippen LogP contribution >= 0.6 is 34.8 Å². The molecule has 3 rings (SSSR count). The molecule has 1 aromatic carbocycles. The quantitative estimate of drug-likeness (QED) is 0.726. The molecule has 1 aromatic heterocycles. The van der Waals surface area contributed by atoms with Gasteiger partial charge in [-0.2, -0.15) is 0 Å². The van der Waals surface area contributed by atoms with E-state index in [9.17, 15) is 8.42 Å². The Labute approximate surface area is 155 Å². The van der Waals surface area contributed by atoms with Gasteiger partial charge in [-0.1, -0.05) is 53.0 Å². The van der Waals surface area contributed by atoms with E-state index in [1.54, 1.807) is 18.2 Å². The highest BCUT2D eigenvalue weighted by Crippen LogP contribution is 2.41. The summed E-state index contributed by atoms with van der Waals surface area (Å²) in [6, 6.07) is 7.93. The van der Waals surface area contributed by atoms with E-state index in [1.165, 1.54) is 12.1 Å². The van der Waals surface area contributed by atoms with Crippen molar-refractivity contribution in [3.05, 3.63) is 45.5 Å². The second-order valence-corrected chi connectivity index (χ2v) is 8.10. The third-order valence-corrected chi connectivity index (χ3v) is 6.77. The van der Waals surface area contributed by atoms with Gasteiger partial charge in [0.1, 0.15) is 9.92 Å². The molecule has 0 radical (unpaired) electrons. The van der Waals surface area contributed by atoms with Gasteiger partial charge in [-0.25, -0.2) is 13.4 Å². The van der Waals surface area contributed by atoms with Crippen molar-refractivity contribution >= 4 is 50.5 Å². The molecular weight excluding hydrogens is 395 g/mol. The van der Waals surface area contributed by atoms with E-state index >= 15 is 0 Å². The third-order valence-electron chi connectivity index (χ3n) is 3.61. The summed E-state index contributed by atoms with van der Waals surface area (Å²) in [6.07, 6.45) is 0. The summed E-state index contributed by atoms with van der Waals surface area (Å²) in [4.78, 5) is 5.87. The van der Waals surface area contributed by atoms with E-state index in [2.05, 4.69) is 4.98 Å². The number of aromatic nitrogens is 1. The summed E-state index contributed by atoms with van der Waals surface area (Å²) in [5.41, 5.74) is 0. The van der Waals surface area contributed by atoms with Crippen molar-refractivity contribution < 1.29 is 13.2 Å². The smallest absolute Gasteiger partial charge is 0.209 e. The molecule has 5 nitrogen and oxygen atoms in total. The van der Waals surface area contributed by atoms with Gasteiger partial charge >= 0.3 is 0 Å². The molecule has 9 heteroatoms. The van der Waals surface area contributed by atoms with Crippen LogP contribution in [0.2, 0.25) is 15.2 Å². The van der Waals surface area contributed by atoms with E-state index in [4.69, 9.17) is 39.5 Å². The van der Waals surface area contributed by atoms with E-state index in [0.717, 1.165) is 0 Å². The molecule has 0 atom stereocenters. The highest BCUT2D eigenvalue weighted by molar-refractivity contribution is 7.91. The lowest BCUT2D eigenvalue weighted by atomic mass is 10.3. The van der Waals surface area contributed by atoms with Crippen molar-refractivity contribution in [2.45, 2.75) is 9.79 Å². The Morgan fingerprint density at radius 3 is 2.25 bits per heavy atom. The molecule has 0 spiro atoms. The Balaban J connectivity index is 2.19. The summed E-state index contributed by atoms with van der Waals surface area (Å²) in [5.74, 6) is 0.295. The van der Waals surface area contributed by atoms with Gasteiger partial charge in [0, 0.05) is 13.1 Å². The van der Waals surface area contributed by atoms with Crippen LogP contribution in [-0.2, 0) is 14.6 Å². The fraction of sp³-hybridized carbons (Fsp3) is 0.267. The minimum atomic E-state index is -3.93. The van der Waals surface area contributed by atoms with Crippen LogP contribution < -0.4 is 4.90 Å². The summed E-state index contributed by atoms with van der Waals surface area (Å²) in [5, 5.41) is -0.310. The lowest BCUT2D eigenvalue weighted by Gasteiger charge is -2.29. The minimum Gasteiger partial charge on any atom is -0.378 e. The van der Waals surface area contributed by atoms with Crippen molar-refractivity contribution in [1.82, 2.24) is 4.98 Å². The molecule has 1 aliphatic rings. The topological polar surface area (TPSA) is 59.5 Å². The maximum atomic E-state index is 13.0. The Morgan fingerprint density at radius 1 is 1.00 bits per heavy atom. The highest BCUT2D eigenvalue weighted by atomic mass is 35.5. The monoisotopic (exact) mass is 406 g/mol. The summed E-state index contributed by atoms with van der Waals surface area (Å²) in [6.45, 7) is 2.07. The first-order chi connectivity index (χ1) is 11.4. The molecule has 0 bridgehead atoms. The van der Waals surface area contributed by atoms with Crippen LogP contribution in [0.5, 0.6) is 0 Å². The number of hydrogen-bond acceptors (Lipinski definition) is 5. The predicted octanol–water partition coefficient (Wildman–Crippen LogP) is 3.71. The van der Waals surface area contributed by atoms with Gasteiger partial charge in [0.2, 0.25) is 9.84 Å². The number of pyridine rings is 1. The first kappa shape index (κ1) is 17.8. The summed E-state index contributed by atoms with van der Waals surface area (Å²) < 4.78 is 31.2. The van der Waals surface area contributed by atoms with Crippen LogP contribution in [0.4, 0.5) is 5.82 Å². The second-order valence-electron chi connectivity index (χ2n) is 5.10. The van der Waals surface area contributed by atoms with Crippen LogP contribution in [-0.4, -0.2) is 39.7 Å². The Bertz CT molecular complexity index is 854. The van der Waals surface area contributed by atoms with Crippen LogP contribution in [0, 0.1) is 0 Å². The average molecular weight is 408 g/mol. The van der Waals surface area contributed by atoms with E-state index in [0.29, 0.717) is 32.1 Å². The molecule has 2 heterocycles. The van der Waals surface area contributed by atoms with Gasteiger partial charge in [-0.3, -0.25) is 0 Å².